The number of pyridine rings is 1. The van der Waals surface area contributed by atoms with Crippen LogP contribution in [0.5, 0.6) is 0 Å². The summed E-state index contributed by atoms with van der Waals surface area (Å²) in [6.07, 6.45) is 2.37. The first-order valence-corrected chi connectivity index (χ1v) is 6.84. The van der Waals surface area contributed by atoms with Crippen LogP contribution in [0.2, 0.25) is 0 Å². The van der Waals surface area contributed by atoms with Crippen molar-refractivity contribution in [2.75, 3.05) is 0 Å². The molecule has 5 heteroatoms. The number of fused-ring (bicyclic) bond motifs is 1. The number of rotatable bonds is 4. The molecule has 0 saturated carbocycles. The second kappa shape index (κ2) is 5.54. The summed E-state index contributed by atoms with van der Waals surface area (Å²) in [7, 11) is 0. The number of nitrogens with one attached hydrogen (secondary N) is 1. The molecule has 0 radical (unpaired) electrons. The van der Waals surface area contributed by atoms with Crippen LogP contribution in [0.4, 0.5) is 0 Å². The Bertz CT molecular complexity index is 671. The molecular weight excluding hydrogens is 270 g/mol. The molecule has 0 saturated heterocycles. The number of nitrogens with two attached hydrogens (primary N) is 1. The lowest BCUT2D eigenvalue weighted by Crippen LogP contribution is -2.54. The Labute approximate surface area is 123 Å². The fourth-order valence-electron chi connectivity index (χ4n) is 1.86. The third-order valence-electron chi connectivity index (χ3n) is 3.51. The van der Waals surface area contributed by atoms with Gasteiger partial charge in [-0.1, -0.05) is 25.2 Å². The molecule has 3 N–H and O–H groups in total. The first-order chi connectivity index (χ1) is 9.46. The molecule has 0 spiro atoms. The van der Waals surface area contributed by atoms with Crippen molar-refractivity contribution in [2.45, 2.75) is 25.8 Å². The third kappa shape index (κ3) is 2.77. The molecule has 104 valence electrons. The van der Waals surface area contributed by atoms with Gasteiger partial charge in [-0.25, -0.2) is 0 Å². The molecule has 1 atom stereocenters. The van der Waals surface area contributed by atoms with Gasteiger partial charge in [0, 0.05) is 17.1 Å². The zero-order valence-corrected chi connectivity index (χ0v) is 12.3. The average Bonchev–Trinajstić information content (AvgIpc) is 2.46. The Morgan fingerprint density at radius 2 is 2.20 bits per heavy atom. The van der Waals surface area contributed by atoms with Gasteiger partial charge in [-0.15, -0.1) is 0 Å². The van der Waals surface area contributed by atoms with Crippen molar-refractivity contribution >= 4 is 34.0 Å². The van der Waals surface area contributed by atoms with Crippen LogP contribution in [-0.2, 0) is 0 Å². The molecule has 4 nitrogen and oxygen atoms in total. The van der Waals surface area contributed by atoms with Gasteiger partial charge in [-0.3, -0.25) is 9.78 Å². The number of benzene rings is 1. The molecule has 0 aliphatic heterocycles. The van der Waals surface area contributed by atoms with Crippen LogP contribution in [0.25, 0.3) is 10.9 Å². The molecule has 20 heavy (non-hydrogen) atoms. The largest absolute Gasteiger partial charge is 0.391 e. The van der Waals surface area contributed by atoms with Gasteiger partial charge in [0.2, 0.25) is 0 Å². The molecule has 0 aliphatic rings. The molecule has 0 bridgehead atoms. The normalized spacial score (nSPS) is 13.7. The van der Waals surface area contributed by atoms with Crippen LogP contribution >= 0.6 is 12.2 Å². The number of hydrogen-bond donors (Lipinski definition) is 2. The predicted octanol–water partition coefficient (Wildman–Crippen LogP) is 2.42. The van der Waals surface area contributed by atoms with Gasteiger partial charge < -0.3 is 11.1 Å². The highest BCUT2D eigenvalue weighted by Crippen LogP contribution is 2.15. The van der Waals surface area contributed by atoms with E-state index in [0.717, 1.165) is 10.9 Å². The molecule has 1 aromatic carbocycles. The summed E-state index contributed by atoms with van der Waals surface area (Å²) in [5, 5.41) is 3.82. The van der Waals surface area contributed by atoms with Crippen LogP contribution in [0.15, 0.2) is 36.5 Å². The lowest BCUT2D eigenvalue weighted by atomic mass is 9.98. The van der Waals surface area contributed by atoms with Crippen LogP contribution in [0, 0.1) is 0 Å². The van der Waals surface area contributed by atoms with Crippen molar-refractivity contribution in [2.24, 2.45) is 5.73 Å². The number of thiocarbonyl (C=S) groups is 1. The minimum atomic E-state index is -0.670. The monoisotopic (exact) mass is 287 g/mol. The van der Waals surface area contributed by atoms with E-state index in [1.807, 2.05) is 38.1 Å². The minimum absolute atomic E-state index is 0.187. The van der Waals surface area contributed by atoms with Gasteiger partial charge in [0.05, 0.1) is 16.0 Å². The third-order valence-corrected chi connectivity index (χ3v) is 3.96. The average molecular weight is 287 g/mol. The van der Waals surface area contributed by atoms with Crippen molar-refractivity contribution in [3.05, 3.63) is 42.1 Å². The van der Waals surface area contributed by atoms with E-state index in [9.17, 15) is 4.79 Å². The van der Waals surface area contributed by atoms with Crippen molar-refractivity contribution in [1.29, 1.82) is 0 Å². The van der Waals surface area contributed by atoms with Crippen LogP contribution in [0.3, 0.4) is 0 Å². The maximum absolute atomic E-state index is 12.3. The van der Waals surface area contributed by atoms with E-state index in [0.29, 0.717) is 12.0 Å². The number of nitrogens with zero attached hydrogens (tertiary/aromatic N) is 1. The molecule has 2 aromatic rings. The molecule has 0 fully saturated rings. The number of hydrogen-bond acceptors (Lipinski definition) is 3. The number of aromatic nitrogens is 1. The summed E-state index contributed by atoms with van der Waals surface area (Å²) in [5.41, 5.74) is 6.46. The lowest BCUT2D eigenvalue weighted by Gasteiger charge is -2.28. The second-order valence-corrected chi connectivity index (χ2v) is 5.35. The van der Waals surface area contributed by atoms with E-state index in [1.54, 1.807) is 12.3 Å². The lowest BCUT2D eigenvalue weighted by molar-refractivity contribution is 0.0926. The first kappa shape index (κ1) is 14.4. The number of carbonyl (C=O) groups is 1. The second-order valence-electron chi connectivity index (χ2n) is 4.91. The van der Waals surface area contributed by atoms with Gasteiger partial charge in [0.25, 0.3) is 5.91 Å². The maximum atomic E-state index is 12.3. The Kier molecular flexibility index (Phi) is 3.99. The number of amides is 1. The van der Waals surface area contributed by atoms with E-state index in [2.05, 4.69) is 10.3 Å². The highest BCUT2D eigenvalue weighted by molar-refractivity contribution is 7.80. The summed E-state index contributed by atoms with van der Waals surface area (Å²) in [5.74, 6) is -0.187. The van der Waals surface area contributed by atoms with Crippen LogP contribution < -0.4 is 11.1 Å². The molecule has 2 rings (SSSR count). The summed E-state index contributed by atoms with van der Waals surface area (Å²) >= 11 is 5.03. The van der Waals surface area contributed by atoms with Crippen LogP contribution in [0.1, 0.15) is 30.6 Å². The van der Waals surface area contributed by atoms with Crippen molar-refractivity contribution in [1.82, 2.24) is 10.3 Å². The van der Waals surface area contributed by atoms with Gasteiger partial charge in [-0.2, -0.15) is 0 Å². The fraction of sp³-hybridized carbons (Fsp3) is 0.267. The van der Waals surface area contributed by atoms with E-state index < -0.39 is 5.54 Å². The first-order valence-electron chi connectivity index (χ1n) is 6.43. The topological polar surface area (TPSA) is 68.0 Å². The minimum Gasteiger partial charge on any atom is -0.391 e. The molecule has 1 aromatic heterocycles. The van der Waals surface area contributed by atoms with Gasteiger partial charge >= 0.3 is 0 Å². The van der Waals surface area contributed by atoms with E-state index in [1.165, 1.54) is 0 Å². The van der Waals surface area contributed by atoms with Crippen molar-refractivity contribution in [3.8, 4) is 0 Å². The van der Waals surface area contributed by atoms with Gasteiger partial charge in [0.15, 0.2) is 0 Å². The van der Waals surface area contributed by atoms with E-state index in [4.69, 9.17) is 18.0 Å². The Morgan fingerprint density at radius 3 is 2.85 bits per heavy atom. The highest BCUT2D eigenvalue weighted by Gasteiger charge is 2.27. The van der Waals surface area contributed by atoms with Gasteiger partial charge in [-0.05, 0) is 37.6 Å². The van der Waals surface area contributed by atoms with E-state index >= 15 is 0 Å². The molecular formula is C15H17N3OS. The summed E-state index contributed by atoms with van der Waals surface area (Å²) in [6.45, 7) is 3.76. The molecule has 1 amide bonds. The van der Waals surface area contributed by atoms with Crippen molar-refractivity contribution < 1.29 is 4.79 Å². The Morgan fingerprint density at radius 1 is 1.45 bits per heavy atom. The number of carbonyl (C=O) groups excluding carboxylic acids is 1. The zero-order valence-electron chi connectivity index (χ0n) is 11.5. The highest BCUT2D eigenvalue weighted by atomic mass is 32.1. The quantitative estimate of drug-likeness (QED) is 0.847. The standard InChI is InChI=1S/C15H17N3OS/c1-3-15(2,14(16)20)18-13(19)11-6-7-12-10(9-11)5-4-8-17-12/h4-9H,3H2,1-2H3,(H2,16,20)(H,18,19). The Hall–Kier alpha value is -2.01. The predicted molar refractivity (Wildman–Crippen MR) is 84.7 cm³/mol. The van der Waals surface area contributed by atoms with E-state index in [-0.39, 0.29) is 10.9 Å². The maximum Gasteiger partial charge on any atom is 0.252 e. The zero-order chi connectivity index (χ0) is 14.8. The molecule has 0 aliphatic carbocycles. The summed E-state index contributed by atoms with van der Waals surface area (Å²) in [6, 6.07) is 9.16. The summed E-state index contributed by atoms with van der Waals surface area (Å²) < 4.78 is 0. The van der Waals surface area contributed by atoms with Crippen LogP contribution in [-0.4, -0.2) is 21.4 Å². The smallest absolute Gasteiger partial charge is 0.252 e. The molecule has 1 unspecified atom stereocenters. The van der Waals surface area contributed by atoms with Crippen molar-refractivity contribution in [3.63, 3.8) is 0 Å². The molecule has 1 heterocycles. The Balaban J connectivity index is 2.29. The van der Waals surface area contributed by atoms with Gasteiger partial charge in [0.1, 0.15) is 0 Å². The summed E-state index contributed by atoms with van der Waals surface area (Å²) in [4.78, 5) is 16.8. The fourth-order valence-corrected chi connectivity index (χ4v) is 2.06. The SMILES string of the molecule is CCC(C)(NC(=O)c1ccc2ncccc2c1)C(N)=S.